The van der Waals surface area contributed by atoms with Crippen molar-refractivity contribution in [2.24, 2.45) is 11.8 Å². The standard InChI is InChI=1S/C14H19FN2O/c1-9-2-4-10(5-3-9)14(18)17-13-8-11(16)6-7-12(13)15/h6-10H,2-5,16H2,1H3,(H,17,18). The summed E-state index contributed by atoms with van der Waals surface area (Å²) in [4.78, 5) is 12.0. The number of benzene rings is 1. The third kappa shape index (κ3) is 3.00. The van der Waals surface area contributed by atoms with Crippen LogP contribution in [0.3, 0.4) is 0 Å². The molecule has 1 amide bonds. The Labute approximate surface area is 107 Å². The number of nitrogens with one attached hydrogen (secondary N) is 1. The van der Waals surface area contributed by atoms with Crippen LogP contribution in [0.4, 0.5) is 15.8 Å². The summed E-state index contributed by atoms with van der Waals surface area (Å²) in [5.41, 5.74) is 6.21. The molecule has 0 aromatic heterocycles. The molecule has 1 aliphatic rings. The molecule has 98 valence electrons. The van der Waals surface area contributed by atoms with Crippen LogP contribution in [0.2, 0.25) is 0 Å². The van der Waals surface area contributed by atoms with Crippen molar-refractivity contribution in [1.82, 2.24) is 0 Å². The van der Waals surface area contributed by atoms with E-state index < -0.39 is 5.82 Å². The van der Waals surface area contributed by atoms with Crippen LogP contribution in [0, 0.1) is 17.7 Å². The van der Waals surface area contributed by atoms with E-state index in [1.54, 1.807) is 0 Å². The van der Waals surface area contributed by atoms with Gasteiger partial charge >= 0.3 is 0 Å². The molecular weight excluding hydrogens is 231 g/mol. The molecular formula is C14H19FN2O. The first-order valence-corrected chi connectivity index (χ1v) is 6.42. The maximum Gasteiger partial charge on any atom is 0.227 e. The first-order chi connectivity index (χ1) is 8.56. The highest BCUT2D eigenvalue weighted by Gasteiger charge is 2.24. The molecule has 0 bridgehead atoms. The summed E-state index contributed by atoms with van der Waals surface area (Å²) in [6, 6.07) is 4.21. The van der Waals surface area contributed by atoms with Gasteiger partial charge in [-0.25, -0.2) is 4.39 Å². The van der Waals surface area contributed by atoms with E-state index >= 15 is 0 Å². The summed E-state index contributed by atoms with van der Waals surface area (Å²) in [5.74, 6) is 0.160. The highest BCUT2D eigenvalue weighted by Crippen LogP contribution is 2.29. The van der Waals surface area contributed by atoms with E-state index in [1.807, 2.05) is 0 Å². The van der Waals surface area contributed by atoms with Crippen LogP contribution in [0.5, 0.6) is 0 Å². The lowest BCUT2D eigenvalue weighted by Crippen LogP contribution is -2.27. The smallest absolute Gasteiger partial charge is 0.227 e. The van der Waals surface area contributed by atoms with Crippen molar-refractivity contribution in [3.05, 3.63) is 24.0 Å². The van der Waals surface area contributed by atoms with Crippen molar-refractivity contribution in [2.75, 3.05) is 11.1 Å². The zero-order valence-electron chi connectivity index (χ0n) is 10.6. The second-order valence-electron chi connectivity index (χ2n) is 5.19. The SMILES string of the molecule is CC1CCC(C(=O)Nc2cc(N)ccc2F)CC1. The Morgan fingerprint density at radius 2 is 2.00 bits per heavy atom. The molecule has 3 N–H and O–H groups in total. The molecule has 1 aromatic carbocycles. The van der Waals surface area contributed by atoms with E-state index in [0.29, 0.717) is 11.6 Å². The van der Waals surface area contributed by atoms with Gasteiger partial charge in [-0.2, -0.15) is 0 Å². The molecule has 1 aromatic rings. The summed E-state index contributed by atoms with van der Waals surface area (Å²) < 4.78 is 13.5. The average molecular weight is 250 g/mol. The second kappa shape index (κ2) is 5.38. The largest absolute Gasteiger partial charge is 0.399 e. The Hall–Kier alpha value is -1.58. The molecule has 18 heavy (non-hydrogen) atoms. The van der Waals surface area contributed by atoms with Crippen LogP contribution in [-0.4, -0.2) is 5.91 Å². The second-order valence-corrected chi connectivity index (χ2v) is 5.19. The van der Waals surface area contributed by atoms with Gasteiger partial charge in [0.2, 0.25) is 5.91 Å². The van der Waals surface area contributed by atoms with Gasteiger partial charge in [-0.15, -0.1) is 0 Å². The van der Waals surface area contributed by atoms with Gasteiger partial charge in [0.1, 0.15) is 5.82 Å². The average Bonchev–Trinajstić information content (AvgIpc) is 2.34. The van der Waals surface area contributed by atoms with E-state index in [4.69, 9.17) is 5.73 Å². The van der Waals surface area contributed by atoms with Crippen molar-refractivity contribution in [3.8, 4) is 0 Å². The molecule has 0 saturated heterocycles. The fraction of sp³-hybridized carbons (Fsp3) is 0.500. The Morgan fingerprint density at radius 1 is 1.33 bits per heavy atom. The minimum atomic E-state index is -0.443. The van der Waals surface area contributed by atoms with Gasteiger partial charge < -0.3 is 11.1 Å². The highest BCUT2D eigenvalue weighted by molar-refractivity contribution is 5.93. The number of nitrogen functional groups attached to an aromatic ring is 1. The Kier molecular flexibility index (Phi) is 3.84. The lowest BCUT2D eigenvalue weighted by Gasteiger charge is -2.25. The van der Waals surface area contributed by atoms with Crippen LogP contribution < -0.4 is 11.1 Å². The van der Waals surface area contributed by atoms with Gasteiger partial charge in [0.15, 0.2) is 0 Å². The number of halogens is 1. The molecule has 1 saturated carbocycles. The van der Waals surface area contributed by atoms with Gasteiger partial charge in [0.05, 0.1) is 5.69 Å². The number of anilines is 2. The first kappa shape index (κ1) is 12.9. The molecule has 1 fully saturated rings. The first-order valence-electron chi connectivity index (χ1n) is 6.42. The van der Waals surface area contributed by atoms with E-state index in [0.717, 1.165) is 25.7 Å². The number of carbonyl (C=O) groups excluding carboxylic acids is 1. The molecule has 0 spiro atoms. The van der Waals surface area contributed by atoms with Crippen LogP contribution >= 0.6 is 0 Å². The number of carbonyl (C=O) groups is 1. The molecule has 4 heteroatoms. The summed E-state index contributed by atoms with van der Waals surface area (Å²) in [7, 11) is 0. The van der Waals surface area contributed by atoms with Crippen LogP contribution in [0.15, 0.2) is 18.2 Å². The van der Waals surface area contributed by atoms with Crippen LogP contribution in [0.1, 0.15) is 32.6 Å². The quantitative estimate of drug-likeness (QED) is 0.792. The Balaban J connectivity index is 2.00. The number of nitrogens with two attached hydrogens (primary N) is 1. The van der Waals surface area contributed by atoms with Crippen LogP contribution in [-0.2, 0) is 4.79 Å². The zero-order valence-corrected chi connectivity index (χ0v) is 10.6. The minimum Gasteiger partial charge on any atom is -0.399 e. The van der Waals surface area contributed by atoms with Crippen LogP contribution in [0.25, 0.3) is 0 Å². The fourth-order valence-electron chi connectivity index (χ4n) is 2.40. The number of hydrogen-bond donors (Lipinski definition) is 2. The minimum absolute atomic E-state index is 0.00188. The summed E-state index contributed by atoms with van der Waals surface area (Å²) in [5, 5.41) is 2.64. The van der Waals surface area contributed by atoms with Gasteiger partial charge in [-0.1, -0.05) is 6.92 Å². The predicted molar refractivity (Wildman–Crippen MR) is 70.6 cm³/mol. The van der Waals surface area contributed by atoms with Crippen molar-refractivity contribution in [2.45, 2.75) is 32.6 Å². The topological polar surface area (TPSA) is 55.1 Å². The zero-order chi connectivity index (χ0) is 13.1. The van der Waals surface area contributed by atoms with Crippen molar-refractivity contribution < 1.29 is 9.18 Å². The Morgan fingerprint density at radius 3 is 2.67 bits per heavy atom. The number of amides is 1. The summed E-state index contributed by atoms with van der Waals surface area (Å²) >= 11 is 0. The van der Waals surface area contributed by atoms with Gasteiger partial charge in [-0.05, 0) is 49.8 Å². The van der Waals surface area contributed by atoms with E-state index in [-0.39, 0.29) is 17.5 Å². The van der Waals surface area contributed by atoms with E-state index in [9.17, 15) is 9.18 Å². The number of rotatable bonds is 2. The molecule has 0 unspecified atom stereocenters. The lowest BCUT2D eigenvalue weighted by molar-refractivity contribution is -0.121. The highest BCUT2D eigenvalue weighted by atomic mass is 19.1. The molecule has 0 radical (unpaired) electrons. The molecule has 0 atom stereocenters. The van der Waals surface area contributed by atoms with Crippen molar-refractivity contribution >= 4 is 17.3 Å². The fourth-order valence-corrected chi connectivity index (χ4v) is 2.40. The van der Waals surface area contributed by atoms with Gasteiger partial charge in [0.25, 0.3) is 0 Å². The van der Waals surface area contributed by atoms with Crippen molar-refractivity contribution in [3.63, 3.8) is 0 Å². The maximum absolute atomic E-state index is 13.5. The van der Waals surface area contributed by atoms with E-state index in [1.165, 1.54) is 18.2 Å². The summed E-state index contributed by atoms with van der Waals surface area (Å²) in [6.45, 7) is 2.20. The van der Waals surface area contributed by atoms with Gasteiger partial charge in [-0.3, -0.25) is 4.79 Å². The molecule has 0 heterocycles. The lowest BCUT2D eigenvalue weighted by atomic mass is 9.82. The molecule has 3 nitrogen and oxygen atoms in total. The molecule has 2 rings (SSSR count). The maximum atomic E-state index is 13.5. The third-order valence-electron chi connectivity index (χ3n) is 3.63. The third-order valence-corrected chi connectivity index (χ3v) is 3.63. The molecule has 1 aliphatic carbocycles. The van der Waals surface area contributed by atoms with Gasteiger partial charge in [0, 0.05) is 11.6 Å². The van der Waals surface area contributed by atoms with Crippen molar-refractivity contribution in [1.29, 1.82) is 0 Å². The Bertz CT molecular complexity index is 439. The summed E-state index contributed by atoms with van der Waals surface area (Å²) in [6.07, 6.45) is 3.91. The predicted octanol–water partition coefficient (Wildman–Crippen LogP) is 3.17. The monoisotopic (exact) mass is 250 g/mol. The van der Waals surface area contributed by atoms with E-state index in [2.05, 4.69) is 12.2 Å². The normalized spacial score (nSPS) is 23.7. The number of hydrogen-bond acceptors (Lipinski definition) is 2. The molecule has 0 aliphatic heterocycles.